The molecule has 0 saturated carbocycles. The monoisotopic (exact) mass is 967 g/mol. The van der Waals surface area contributed by atoms with Gasteiger partial charge in [0, 0.05) is 65.4 Å². The molecule has 0 spiro atoms. The fraction of sp³-hybridized carbons (Fsp3) is 0.814. The van der Waals surface area contributed by atoms with Gasteiger partial charge in [-0.1, -0.05) is 26.7 Å². The van der Waals surface area contributed by atoms with Gasteiger partial charge in [0.2, 0.25) is 47.3 Å². The number of nitrogens with two attached hydrogens (primary N) is 2. The summed E-state index contributed by atoms with van der Waals surface area (Å²) in [6.45, 7) is 8.14. The number of carbonyl (C=O) groups is 8. The quantitative estimate of drug-likeness (QED) is 0.0301. The lowest BCUT2D eigenvalue weighted by molar-refractivity contribution is -0.127. The van der Waals surface area contributed by atoms with Crippen LogP contribution in [0.15, 0.2) is 0 Å². The van der Waals surface area contributed by atoms with E-state index in [0.29, 0.717) is 32.4 Å². The summed E-state index contributed by atoms with van der Waals surface area (Å²) in [6.07, 6.45) is 5.20. The number of unbranched alkanes of at least 4 members (excludes halogenated alkanes) is 2. The molecule has 0 bridgehead atoms. The van der Waals surface area contributed by atoms with Gasteiger partial charge in [0.25, 0.3) is 0 Å². The van der Waals surface area contributed by atoms with Gasteiger partial charge in [0.05, 0.1) is 79.3 Å². The maximum atomic E-state index is 12.0. The SMILES string of the molecule is C[C@@H](CCCCNC(=O)COCCOCCNC(=O)COCCOCCNC(=O)CCCC(=O)NCCOCCOCC(=O)NCCOCCOCC(=O)NCCCC[C@H](C)C(N)=O)C(N)=O.[HH]. The Balaban J connectivity index is 0. The molecule has 10 N–H and O–H groups in total. The van der Waals surface area contributed by atoms with E-state index < -0.39 is 0 Å². The molecule has 0 aliphatic heterocycles. The first-order chi connectivity index (χ1) is 32.3. The Morgan fingerprint density at radius 2 is 0.597 bits per heavy atom. The van der Waals surface area contributed by atoms with Crippen molar-refractivity contribution in [2.75, 3.05) is 145 Å². The average molecular weight is 967 g/mol. The molecule has 0 aromatic carbocycles. The Morgan fingerprint density at radius 3 is 0.881 bits per heavy atom. The fourth-order valence-electron chi connectivity index (χ4n) is 5.27. The maximum absolute atomic E-state index is 12.0. The zero-order valence-electron chi connectivity index (χ0n) is 39.8. The summed E-state index contributed by atoms with van der Waals surface area (Å²) in [5.41, 5.74) is 10.4. The molecule has 0 aromatic rings. The smallest absolute Gasteiger partial charge is 0.246 e. The fourth-order valence-corrected chi connectivity index (χ4v) is 5.27. The van der Waals surface area contributed by atoms with Crippen molar-refractivity contribution in [3.8, 4) is 0 Å². The second kappa shape index (κ2) is 45.2. The molecule has 2 atom stereocenters. The van der Waals surface area contributed by atoms with Crippen molar-refractivity contribution in [1.82, 2.24) is 31.9 Å². The number of amides is 8. The van der Waals surface area contributed by atoms with Crippen LogP contribution < -0.4 is 43.4 Å². The maximum Gasteiger partial charge on any atom is 0.246 e. The van der Waals surface area contributed by atoms with Gasteiger partial charge >= 0.3 is 0 Å². The number of hydrogen-bond acceptors (Lipinski definition) is 16. The van der Waals surface area contributed by atoms with E-state index in [2.05, 4.69) is 31.9 Å². The summed E-state index contributed by atoms with van der Waals surface area (Å²) in [6, 6.07) is 0. The number of carbonyl (C=O) groups excluding carboxylic acids is 8. The number of rotatable bonds is 48. The first-order valence-corrected chi connectivity index (χ1v) is 23.1. The third-order valence-electron chi connectivity index (χ3n) is 9.25. The van der Waals surface area contributed by atoms with E-state index in [0.717, 1.165) is 25.7 Å². The van der Waals surface area contributed by atoms with E-state index in [1.165, 1.54) is 0 Å². The lowest BCUT2D eigenvalue weighted by Gasteiger charge is -2.09. The highest BCUT2D eigenvalue weighted by Crippen LogP contribution is 2.07. The molecule has 0 rings (SSSR count). The third kappa shape index (κ3) is 45.0. The lowest BCUT2D eigenvalue weighted by Crippen LogP contribution is -2.32. The molecule has 24 nitrogen and oxygen atoms in total. The summed E-state index contributed by atoms with van der Waals surface area (Å²) in [7, 11) is 0. The van der Waals surface area contributed by atoms with Crippen molar-refractivity contribution < 1.29 is 77.7 Å². The van der Waals surface area contributed by atoms with Crippen LogP contribution in [0.2, 0.25) is 0 Å². The van der Waals surface area contributed by atoms with Gasteiger partial charge in [-0.05, 0) is 32.1 Å². The van der Waals surface area contributed by atoms with Crippen LogP contribution in [0.25, 0.3) is 0 Å². The first kappa shape index (κ1) is 62.4. The molecule has 0 unspecified atom stereocenters. The average Bonchev–Trinajstić information content (AvgIpc) is 3.29. The second-order valence-electron chi connectivity index (χ2n) is 15.2. The van der Waals surface area contributed by atoms with Crippen molar-refractivity contribution in [2.24, 2.45) is 23.3 Å². The molecule has 67 heavy (non-hydrogen) atoms. The van der Waals surface area contributed by atoms with Crippen molar-refractivity contribution >= 4 is 47.3 Å². The van der Waals surface area contributed by atoms with Gasteiger partial charge in [-0.2, -0.15) is 0 Å². The highest BCUT2D eigenvalue weighted by molar-refractivity contribution is 5.79. The largest absolute Gasteiger partial charge is 0.377 e. The Hall–Kier alpha value is -4.56. The zero-order valence-corrected chi connectivity index (χ0v) is 39.8. The molecule has 0 radical (unpaired) electrons. The van der Waals surface area contributed by atoms with Crippen molar-refractivity contribution in [2.45, 2.75) is 71.6 Å². The van der Waals surface area contributed by atoms with Crippen LogP contribution in [0.1, 0.15) is 73.1 Å². The molecule has 0 heterocycles. The summed E-state index contributed by atoms with van der Waals surface area (Å²) in [5, 5.41) is 16.2. The summed E-state index contributed by atoms with van der Waals surface area (Å²) in [5.74, 6) is -2.48. The van der Waals surface area contributed by atoms with E-state index in [1.54, 1.807) is 13.8 Å². The van der Waals surface area contributed by atoms with Gasteiger partial charge < -0.3 is 81.3 Å². The van der Waals surface area contributed by atoms with E-state index in [4.69, 9.17) is 49.4 Å². The van der Waals surface area contributed by atoms with Gasteiger partial charge in [-0.15, -0.1) is 0 Å². The molecular formula is C43H82N8O16. The van der Waals surface area contributed by atoms with E-state index >= 15 is 0 Å². The minimum Gasteiger partial charge on any atom is -0.377 e. The molecule has 8 amide bonds. The number of ether oxygens (including phenoxy) is 8. The van der Waals surface area contributed by atoms with Gasteiger partial charge in [0.15, 0.2) is 0 Å². The summed E-state index contributed by atoms with van der Waals surface area (Å²) in [4.78, 5) is 93.4. The second-order valence-corrected chi connectivity index (χ2v) is 15.2. The van der Waals surface area contributed by atoms with Crippen molar-refractivity contribution in [1.29, 1.82) is 0 Å². The number of hydrogen-bond donors (Lipinski definition) is 8. The number of nitrogens with one attached hydrogen (secondary N) is 6. The van der Waals surface area contributed by atoms with Gasteiger partial charge in [-0.25, -0.2) is 0 Å². The molecule has 0 saturated heterocycles. The molecule has 0 aromatic heterocycles. The van der Waals surface area contributed by atoms with Crippen LogP contribution in [0, 0.1) is 11.8 Å². The Bertz CT molecular complexity index is 1280. The lowest BCUT2D eigenvalue weighted by atomic mass is 10.0. The zero-order chi connectivity index (χ0) is 49.6. The van der Waals surface area contributed by atoms with Gasteiger partial charge in [-0.3, -0.25) is 38.4 Å². The Morgan fingerprint density at radius 1 is 0.343 bits per heavy atom. The Labute approximate surface area is 396 Å². The van der Waals surface area contributed by atoms with Gasteiger partial charge in [0.1, 0.15) is 26.4 Å². The van der Waals surface area contributed by atoms with Crippen molar-refractivity contribution in [3.63, 3.8) is 0 Å². The van der Waals surface area contributed by atoms with E-state index in [9.17, 15) is 38.4 Å². The van der Waals surface area contributed by atoms with Crippen LogP contribution in [-0.2, 0) is 76.3 Å². The molecule has 0 fully saturated rings. The van der Waals surface area contributed by atoms with E-state index in [1.807, 2.05) is 0 Å². The van der Waals surface area contributed by atoms with Crippen LogP contribution in [0.5, 0.6) is 0 Å². The van der Waals surface area contributed by atoms with Crippen LogP contribution in [0.4, 0.5) is 0 Å². The highest BCUT2D eigenvalue weighted by atomic mass is 16.5. The highest BCUT2D eigenvalue weighted by Gasteiger charge is 2.10. The van der Waals surface area contributed by atoms with E-state index in [-0.39, 0.29) is 205 Å². The first-order valence-electron chi connectivity index (χ1n) is 23.1. The van der Waals surface area contributed by atoms with Crippen LogP contribution >= 0.6 is 0 Å². The summed E-state index contributed by atoms with van der Waals surface area (Å²) >= 11 is 0. The number of primary amides is 2. The Kier molecular flexibility index (Phi) is 42.2. The predicted molar refractivity (Wildman–Crippen MR) is 245 cm³/mol. The minimum absolute atomic E-state index is 0. The van der Waals surface area contributed by atoms with Crippen LogP contribution in [0.3, 0.4) is 0 Å². The normalized spacial score (nSPS) is 11.9. The standard InChI is InChI=1S/C43H80N8O16.H2/c1-34(42(44)58)8-3-5-12-46-38(54)30-64-26-24-62-20-16-50-40(56)32-66-28-22-60-18-14-48-36(52)10-7-11-37(53)49-15-19-61-23-29-67-33-41(57)51-17-21-63-25-27-65-31-39(55)47-13-6-4-9-35(2)43(45)59;/h34-35H,3-33H2,1-2H3,(H2,44,58)(H2,45,59)(H,46,54)(H,47,55)(H,48,52)(H,49,53)(H,50,56)(H,51,57);1H/t34-,35-;/m0./s1. The van der Waals surface area contributed by atoms with Crippen molar-refractivity contribution in [3.05, 3.63) is 0 Å². The third-order valence-corrected chi connectivity index (χ3v) is 9.25. The molecular weight excluding hydrogens is 885 g/mol. The summed E-state index contributed by atoms with van der Waals surface area (Å²) < 4.78 is 42.6. The van der Waals surface area contributed by atoms with Crippen LogP contribution in [-0.4, -0.2) is 192 Å². The predicted octanol–water partition coefficient (Wildman–Crippen LogP) is -2.18. The molecule has 390 valence electrons. The minimum atomic E-state index is -0.323. The molecule has 0 aliphatic rings. The molecule has 0 aliphatic carbocycles. The molecule has 24 heteroatoms. The topological polar surface area (TPSA) is 335 Å².